The zero-order valence-corrected chi connectivity index (χ0v) is 13.3. The van der Waals surface area contributed by atoms with E-state index in [4.69, 9.17) is 0 Å². The van der Waals surface area contributed by atoms with Gasteiger partial charge in [0.1, 0.15) is 11.6 Å². The Hall–Kier alpha value is -2.43. The molecular formula is C18H22FN3O. The van der Waals surface area contributed by atoms with E-state index in [2.05, 4.69) is 22.5 Å². The zero-order chi connectivity index (χ0) is 16.5. The fourth-order valence-electron chi connectivity index (χ4n) is 2.14. The lowest BCUT2D eigenvalue weighted by atomic mass is 10.1. The number of carbonyl (C=O) groups is 1. The number of unbranched alkanes of at least 4 members (excludes halogenated alkanes) is 1. The molecule has 1 amide bonds. The highest BCUT2D eigenvalue weighted by Gasteiger charge is 2.05. The van der Waals surface area contributed by atoms with Crippen LogP contribution in [0.5, 0.6) is 0 Å². The summed E-state index contributed by atoms with van der Waals surface area (Å²) in [7, 11) is 0. The number of nitrogens with one attached hydrogen (secondary N) is 2. The molecule has 0 unspecified atom stereocenters. The van der Waals surface area contributed by atoms with E-state index in [1.807, 2.05) is 6.07 Å². The summed E-state index contributed by atoms with van der Waals surface area (Å²) >= 11 is 0. The van der Waals surface area contributed by atoms with Crippen molar-refractivity contribution in [3.05, 3.63) is 59.5 Å². The highest BCUT2D eigenvalue weighted by molar-refractivity contribution is 5.94. The first-order chi connectivity index (χ1) is 11.2. The molecule has 0 aliphatic heterocycles. The summed E-state index contributed by atoms with van der Waals surface area (Å²) in [6, 6.07) is 10.2. The lowest BCUT2D eigenvalue weighted by Gasteiger charge is -2.08. The molecular weight excluding hydrogens is 293 g/mol. The van der Waals surface area contributed by atoms with Crippen molar-refractivity contribution in [3.8, 4) is 0 Å². The summed E-state index contributed by atoms with van der Waals surface area (Å²) in [6.07, 6.45) is 4.14. The number of nitrogens with zero attached hydrogens (tertiary/aromatic N) is 1. The number of halogens is 1. The Balaban J connectivity index is 1.81. The first-order valence-corrected chi connectivity index (χ1v) is 7.92. The average molecular weight is 315 g/mol. The Labute approximate surface area is 136 Å². The van der Waals surface area contributed by atoms with Gasteiger partial charge in [0.2, 0.25) is 0 Å². The summed E-state index contributed by atoms with van der Waals surface area (Å²) in [5, 5.41) is 5.98. The third-order valence-corrected chi connectivity index (χ3v) is 3.50. The van der Waals surface area contributed by atoms with Gasteiger partial charge in [-0.1, -0.05) is 31.5 Å². The molecule has 0 saturated heterocycles. The van der Waals surface area contributed by atoms with Crippen molar-refractivity contribution in [1.29, 1.82) is 0 Å². The van der Waals surface area contributed by atoms with E-state index in [9.17, 15) is 9.18 Å². The summed E-state index contributed by atoms with van der Waals surface area (Å²) in [4.78, 5) is 16.1. The number of rotatable bonds is 8. The molecule has 0 aliphatic rings. The summed E-state index contributed by atoms with van der Waals surface area (Å²) < 4.78 is 13.5. The van der Waals surface area contributed by atoms with Crippen LogP contribution in [0.4, 0.5) is 10.2 Å². The van der Waals surface area contributed by atoms with Gasteiger partial charge in [-0.25, -0.2) is 9.37 Å². The van der Waals surface area contributed by atoms with Crippen LogP contribution in [0.1, 0.15) is 35.7 Å². The van der Waals surface area contributed by atoms with Crippen LogP contribution >= 0.6 is 0 Å². The van der Waals surface area contributed by atoms with Crippen LogP contribution in [0.15, 0.2) is 42.6 Å². The lowest BCUT2D eigenvalue weighted by molar-refractivity contribution is 0.0953. The van der Waals surface area contributed by atoms with E-state index in [1.165, 1.54) is 6.07 Å². The normalized spacial score (nSPS) is 10.3. The molecule has 0 saturated carbocycles. The molecule has 0 radical (unpaired) electrons. The number of amides is 1. The topological polar surface area (TPSA) is 54.0 Å². The van der Waals surface area contributed by atoms with Gasteiger partial charge in [-0.2, -0.15) is 0 Å². The zero-order valence-electron chi connectivity index (χ0n) is 13.3. The number of hydrogen-bond donors (Lipinski definition) is 2. The quantitative estimate of drug-likeness (QED) is 0.734. The predicted octanol–water partition coefficient (Wildman–Crippen LogP) is 3.41. The molecule has 4 nitrogen and oxygen atoms in total. The van der Waals surface area contributed by atoms with Crippen molar-refractivity contribution in [1.82, 2.24) is 10.3 Å². The van der Waals surface area contributed by atoms with E-state index in [1.54, 1.807) is 30.5 Å². The molecule has 1 heterocycles. The van der Waals surface area contributed by atoms with Gasteiger partial charge in [-0.15, -0.1) is 0 Å². The lowest BCUT2D eigenvalue weighted by Crippen LogP contribution is -2.24. The Morgan fingerprint density at radius 3 is 2.70 bits per heavy atom. The van der Waals surface area contributed by atoms with Gasteiger partial charge in [0, 0.05) is 19.3 Å². The first kappa shape index (κ1) is 16.9. The van der Waals surface area contributed by atoms with Crippen LogP contribution < -0.4 is 10.6 Å². The Bertz CT molecular complexity index is 628. The van der Waals surface area contributed by atoms with Gasteiger partial charge in [0.05, 0.1) is 5.56 Å². The van der Waals surface area contributed by atoms with E-state index < -0.39 is 0 Å². The van der Waals surface area contributed by atoms with Crippen molar-refractivity contribution >= 4 is 11.7 Å². The first-order valence-electron chi connectivity index (χ1n) is 7.92. The molecule has 2 rings (SSSR count). The molecule has 2 N–H and O–H groups in total. The second kappa shape index (κ2) is 8.88. The maximum Gasteiger partial charge on any atom is 0.252 e. The Morgan fingerprint density at radius 1 is 1.17 bits per heavy atom. The molecule has 23 heavy (non-hydrogen) atoms. The van der Waals surface area contributed by atoms with Crippen molar-refractivity contribution in [2.24, 2.45) is 0 Å². The minimum absolute atomic E-state index is 0.108. The second-order valence-electron chi connectivity index (χ2n) is 5.31. The number of anilines is 1. The number of hydrogen-bond acceptors (Lipinski definition) is 3. The SMILES string of the molecule is CCCCNC(=O)c1ccc(NCCc2ccccc2F)nc1. The third kappa shape index (κ3) is 5.36. The van der Waals surface area contributed by atoms with Crippen LogP contribution in [0.25, 0.3) is 0 Å². The summed E-state index contributed by atoms with van der Waals surface area (Å²) in [5.41, 5.74) is 1.22. The largest absolute Gasteiger partial charge is 0.370 e. The average Bonchev–Trinajstić information content (AvgIpc) is 2.57. The van der Waals surface area contributed by atoms with Crippen LogP contribution in [-0.4, -0.2) is 24.0 Å². The molecule has 0 fully saturated rings. The Morgan fingerprint density at radius 2 is 2.00 bits per heavy atom. The molecule has 5 heteroatoms. The number of benzene rings is 1. The van der Waals surface area contributed by atoms with E-state index in [0.717, 1.165) is 12.8 Å². The smallest absolute Gasteiger partial charge is 0.252 e. The van der Waals surface area contributed by atoms with Gasteiger partial charge in [-0.3, -0.25) is 4.79 Å². The van der Waals surface area contributed by atoms with Crippen molar-refractivity contribution in [2.45, 2.75) is 26.2 Å². The van der Waals surface area contributed by atoms with E-state index in [-0.39, 0.29) is 11.7 Å². The van der Waals surface area contributed by atoms with E-state index >= 15 is 0 Å². The molecule has 0 bridgehead atoms. The monoisotopic (exact) mass is 315 g/mol. The summed E-state index contributed by atoms with van der Waals surface area (Å²) in [5.74, 6) is 0.372. The predicted molar refractivity (Wildman–Crippen MR) is 90.1 cm³/mol. The van der Waals surface area contributed by atoms with Crippen molar-refractivity contribution in [2.75, 3.05) is 18.4 Å². The van der Waals surface area contributed by atoms with Crippen LogP contribution in [0.3, 0.4) is 0 Å². The fourth-order valence-corrected chi connectivity index (χ4v) is 2.14. The highest BCUT2D eigenvalue weighted by Crippen LogP contribution is 2.09. The fraction of sp³-hybridized carbons (Fsp3) is 0.333. The maximum absolute atomic E-state index is 13.5. The maximum atomic E-state index is 13.5. The van der Waals surface area contributed by atoms with Crippen LogP contribution in [0, 0.1) is 5.82 Å². The minimum atomic E-state index is -0.193. The number of pyridine rings is 1. The number of carbonyl (C=O) groups excluding carboxylic acids is 1. The molecule has 1 aromatic carbocycles. The van der Waals surface area contributed by atoms with Gasteiger partial charge in [-0.05, 0) is 36.6 Å². The van der Waals surface area contributed by atoms with Crippen LogP contribution in [0.2, 0.25) is 0 Å². The molecule has 0 aliphatic carbocycles. The standard InChI is InChI=1S/C18H22FN3O/c1-2-3-11-21-18(23)15-8-9-17(22-13-15)20-12-10-14-6-4-5-7-16(14)19/h4-9,13H,2-3,10-12H2,1H3,(H,20,22)(H,21,23). The van der Waals surface area contributed by atoms with Crippen molar-refractivity contribution < 1.29 is 9.18 Å². The van der Waals surface area contributed by atoms with Gasteiger partial charge >= 0.3 is 0 Å². The molecule has 2 aromatic rings. The Kier molecular flexibility index (Phi) is 6.54. The third-order valence-electron chi connectivity index (χ3n) is 3.50. The minimum Gasteiger partial charge on any atom is -0.370 e. The van der Waals surface area contributed by atoms with E-state index in [0.29, 0.717) is 36.5 Å². The molecule has 1 aromatic heterocycles. The number of aromatic nitrogens is 1. The van der Waals surface area contributed by atoms with Crippen molar-refractivity contribution in [3.63, 3.8) is 0 Å². The highest BCUT2D eigenvalue weighted by atomic mass is 19.1. The molecule has 0 atom stereocenters. The van der Waals surface area contributed by atoms with Gasteiger partial charge in [0.25, 0.3) is 5.91 Å². The van der Waals surface area contributed by atoms with Gasteiger partial charge < -0.3 is 10.6 Å². The van der Waals surface area contributed by atoms with Crippen LogP contribution in [-0.2, 0) is 6.42 Å². The summed E-state index contributed by atoms with van der Waals surface area (Å²) in [6.45, 7) is 3.34. The second-order valence-corrected chi connectivity index (χ2v) is 5.31. The van der Waals surface area contributed by atoms with Gasteiger partial charge in [0.15, 0.2) is 0 Å². The molecule has 0 spiro atoms. The molecule has 122 valence electrons.